The van der Waals surface area contributed by atoms with Crippen molar-refractivity contribution in [2.24, 2.45) is 0 Å². The van der Waals surface area contributed by atoms with Crippen molar-refractivity contribution in [2.75, 3.05) is 33.9 Å². The molecule has 0 aromatic heterocycles. The number of likely N-dealkylation sites (tertiary alicyclic amines) is 1. The summed E-state index contributed by atoms with van der Waals surface area (Å²) in [5, 5.41) is 0. The van der Waals surface area contributed by atoms with E-state index in [0.717, 1.165) is 5.56 Å². The summed E-state index contributed by atoms with van der Waals surface area (Å²) in [4.78, 5) is 45.9. The molecule has 5 rings (SSSR count). The molecule has 1 spiro atoms. The molecule has 1 atom stereocenters. The highest BCUT2D eigenvalue weighted by molar-refractivity contribution is 5.98. The topological polar surface area (TPSA) is 79.4 Å². The average molecular weight is 528 g/mol. The van der Waals surface area contributed by atoms with Crippen molar-refractivity contribution in [1.82, 2.24) is 14.7 Å². The van der Waals surface area contributed by atoms with Gasteiger partial charge < -0.3 is 19.3 Å². The predicted molar refractivity (Wildman–Crippen MR) is 146 cm³/mol. The molecule has 2 saturated heterocycles. The molecule has 3 amide bonds. The number of benzene rings is 3. The van der Waals surface area contributed by atoms with Crippen LogP contribution in [-0.4, -0.2) is 78.0 Å². The second-order valence-corrected chi connectivity index (χ2v) is 10.0. The van der Waals surface area contributed by atoms with Crippen LogP contribution in [0.3, 0.4) is 0 Å². The second kappa shape index (κ2) is 11.3. The van der Waals surface area contributed by atoms with Gasteiger partial charge in [-0.1, -0.05) is 54.6 Å². The standard InChI is InChI=1S/C31H33N3O5/c1-32(21-23-10-5-3-6-11-23)30(37)27-22-39-31(34(27)29(36)24-12-7-4-8-13-24)16-18-33(19-17-31)28(35)25-14-9-15-26(20-25)38-2/h3-15,20,27H,16-19,21-22H2,1-2H3. The van der Waals surface area contributed by atoms with Crippen molar-refractivity contribution in [3.8, 4) is 5.75 Å². The number of piperidine rings is 1. The summed E-state index contributed by atoms with van der Waals surface area (Å²) in [6.07, 6.45) is 0.820. The third-order valence-electron chi connectivity index (χ3n) is 7.57. The molecule has 2 heterocycles. The number of carbonyl (C=O) groups excluding carboxylic acids is 3. The largest absolute Gasteiger partial charge is 0.497 e. The second-order valence-electron chi connectivity index (χ2n) is 10.0. The number of ether oxygens (including phenoxy) is 2. The first-order valence-corrected chi connectivity index (χ1v) is 13.2. The Morgan fingerprint density at radius 3 is 2.21 bits per heavy atom. The zero-order chi connectivity index (χ0) is 27.4. The summed E-state index contributed by atoms with van der Waals surface area (Å²) >= 11 is 0. The van der Waals surface area contributed by atoms with E-state index >= 15 is 0 Å². The predicted octanol–water partition coefficient (Wildman–Crippen LogP) is 3.83. The number of amides is 3. The Morgan fingerprint density at radius 2 is 1.54 bits per heavy atom. The minimum absolute atomic E-state index is 0.0992. The molecule has 3 aromatic rings. The quantitative estimate of drug-likeness (QED) is 0.487. The highest BCUT2D eigenvalue weighted by Gasteiger charge is 2.54. The first kappa shape index (κ1) is 26.4. The number of likely N-dealkylation sites (N-methyl/N-ethyl adjacent to an activating group) is 1. The van der Waals surface area contributed by atoms with Crippen molar-refractivity contribution in [3.05, 3.63) is 102 Å². The van der Waals surface area contributed by atoms with Gasteiger partial charge in [0.1, 0.15) is 17.5 Å². The summed E-state index contributed by atoms with van der Waals surface area (Å²) in [5.74, 6) is 0.106. The Balaban J connectivity index is 1.37. The summed E-state index contributed by atoms with van der Waals surface area (Å²) in [5.41, 5.74) is 1.09. The zero-order valence-electron chi connectivity index (χ0n) is 22.3. The molecule has 0 saturated carbocycles. The minimum atomic E-state index is -0.966. The van der Waals surface area contributed by atoms with Crippen LogP contribution < -0.4 is 4.74 Å². The maximum atomic E-state index is 13.9. The Hall–Kier alpha value is -4.17. The molecule has 2 aliphatic rings. The van der Waals surface area contributed by atoms with Crippen LogP contribution in [0.5, 0.6) is 5.75 Å². The van der Waals surface area contributed by atoms with Crippen molar-refractivity contribution < 1.29 is 23.9 Å². The molecule has 8 heteroatoms. The lowest BCUT2D eigenvalue weighted by molar-refractivity contribution is -0.137. The number of hydrogen-bond acceptors (Lipinski definition) is 5. The van der Waals surface area contributed by atoms with Crippen LogP contribution in [0.1, 0.15) is 39.1 Å². The van der Waals surface area contributed by atoms with Gasteiger partial charge in [0.15, 0.2) is 0 Å². The van der Waals surface area contributed by atoms with E-state index in [4.69, 9.17) is 9.47 Å². The molecule has 3 aromatic carbocycles. The van der Waals surface area contributed by atoms with Gasteiger partial charge in [-0.25, -0.2) is 0 Å². The highest BCUT2D eigenvalue weighted by Crippen LogP contribution is 2.39. The van der Waals surface area contributed by atoms with Crippen molar-refractivity contribution in [2.45, 2.75) is 31.2 Å². The molecular weight excluding hydrogens is 494 g/mol. The number of rotatable bonds is 6. The summed E-state index contributed by atoms with van der Waals surface area (Å²) in [6.45, 7) is 1.34. The van der Waals surface area contributed by atoms with Crippen LogP contribution in [0, 0.1) is 0 Å². The fraction of sp³-hybridized carbons (Fsp3) is 0.323. The molecule has 2 aliphatic heterocycles. The highest BCUT2D eigenvalue weighted by atomic mass is 16.5. The third kappa shape index (κ3) is 5.38. The van der Waals surface area contributed by atoms with E-state index in [2.05, 4.69) is 0 Å². The summed E-state index contributed by atoms with van der Waals surface area (Å²) in [6, 6.07) is 25.1. The fourth-order valence-electron chi connectivity index (χ4n) is 5.46. The van der Waals surface area contributed by atoms with Crippen molar-refractivity contribution in [3.63, 3.8) is 0 Å². The lowest BCUT2D eigenvalue weighted by atomic mass is 9.96. The van der Waals surface area contributed by atoms with Gasteiger partial charge in [0.25, 0.3) is 11.8 Å². The van der Waals surface area contributed by atoms with E-state index in [9.17, 15) is 14.4 Å². The SMILES string of the molecule is COc1cccc(C(=O)N2CCC3(CC2)OCC(C(=O)N(C)Cc2ccccc2)N3C(=O)c2ccccc2)c1. The molecule has 0 aliphatic carbocycles. The fourth-order valence-corrected chi connectivity index (χ4v) is 5.46. The molecule has 1 unspecified atom stereocenters. The Morgan fingerprint density at radius 1 is 0.897 bits per heavy atom. The lowest BCUT2D eigenvalue weighted by Crippen LogP contribution is -2.59. The molecule has 39 heavy (non-hydrogen) atoms. The first-order valence-electron chi connectivity index (χ1n) is 13.2. The third-order valence-corrected chi connectivity index (χ3v) is 7.57. The Labute approximate surface area is 228 Å². The van der Waals surface area contributed by atoms with E-state index < -0.39 is 11.8 Å². The van der Waals surface area contributed by atoms with Gasteiger partial charge in [-0.05, 0) is 35.9 Å². The minimum Gasteiger partial charge on any atom is -0.497 e. The summed E-state index contributed by atoms with van der Waals surface area (Å²) < 4.78 is 11.6. The van der Waals surface area contributed by atoms with Gasteiger partial charge in [0.2, 0.25) is 5.91 Å². The van der Waals surface area contributed by atoms with Gasteiger partial charge in [0, 0.05) is 50.7 Å². The van der Waals surface area contributed by atoms with E-state index in [1.807, 2.05) is 48.5 Å². The average Bonchev–Trinajstić information content (AvgIpc) is 3.35. The lowest BCUT2D eigenvalue weighted by Gasteiger charge is -2.44. The van der Waals surface area contributed by atoms with E-state index in [1.165, 1.54) is 0 Å². The molecule has 0 radical (unpaired) electrons. The van der Waals surface area contributed by atoms with Crippen molar-refractivity contribution in [1.29, 1.82) is 0 Å². The number of carbonyl (C=O) groups is 3. The van der Waals surface area contributed by atoms with Crippen LogP contribution in [0.4, 0.5) is 0 Å². The van der Waals surface area contributed by atoms with Gasteiger partial charge in [-0.2, -0.15) is 0 Å². The maximum absolute atomic E-state index is 13.9. The molecule has 202 valence electrons. The normalized spacial score (nSPS) is 18.2. The molecule has 0 N–H and O–H groups in total. The van der Waals surface area contributed by atoms with Crippen LogP contribution in [0.2, 0.25) is 0 Å². The number of nitrogens with zero attached hydrogens (tertiary/aromatic N) is 3. The maximum Gasteiger partial charge on any atom is 0.256 e. The number of hydrogen-bond donors (Lipinski definition) is 0. The van der Waals surface area contributed by atoms with E-state index in [-0.39, 0.29) is 24.3 Å². The molecular formula is C31H33N3O5. The zero-order valence-corrected chi connectivity index (χ0v) is 22.3. The van der Waals surface area contributed by atoms with Crippen molar-refractivity contribution >= 4 is 17.7 Å². The van der Waals surface area contributed by atoms with Gasteiger partial charge in [-0.3, -0.25) is 19.3 Å². The van der Waals surface area contributed by atoms with Crippen LogP contribution in [-0.2, 0) is 16.1 Å². The van der Waals surface area contributed by atoms with E-state index in [0.29, 0.717) is 49.4 Å². The Kier molecular flexibility index (Phi) is 7.65. The van der Waals surface area contributed by atoms with Gasteiger partial charge in [0.05, 0.1) is 13.7 Å². The molecule has 0 bridgehead atoms. The summed E-state index contributed by atoms with van der Waals surface area (Å²) in [7, 11) is 3.32. The van der Waals surface area contributed by atoms with Crippen LogP contribution >= 0.6 is 0 Å². The van der Waals surface area contributed by atoms with Gasteiger partial charge in [-0.15, -0.1) is 0 Å². The molecule has 8 nitrogen and oxygen atoms in total. The number of methoxy groups -OCH3 is 1. The monoisotopic (exact) mass is 527 g/mol. The van der Waals surface area contributed by atoms with Gasteiger partial charge >= 0.3 is 0 Å². The van der Waals surface area contributed by atoms with Crippen LogP contribution in [0.25, 0.3) is 0 Å². The molecule has 2 fully saturated rings. The smallest absolute Gasteiger partial charge is 0.256 e. The van der Waals surface area contributed by atoms with Crippen LogP contribution in [0.15, 0.2) is 84.9 Å². The van der Waals surface area contributed by atoms with E-state index in [1.54, 1.807) is 65.3 Å². The Bertz CT molecular complexity index is 1320. The first-order chi connectivity index (χ1) is 18.9.